The summed E-state index contributed by atoms with van der Waals surface area (Å²) in [6.07, 6.45) is 8.90. The molecule has 0 aromatic heterocycles. The van der Waals surface area contributed by atoms with Crippen LogP contribution in [-0.4, -0.2) is 43.0 Å². The number of nitrogens with zero attached hydrogens (tertiary/aromatic N) is 1. The van der Waals surface area contributed by atoms with Gasteiger partial charge in [0.1, 0.15) is 0 Å². The molecule has 3 aliphatic rings. The summed E-state index contributed by atoms with van der Waals surface area (Å²) in [5.74, 6) is 1.44. The Morgan fingerprint density at radius 3 is 2.52 bits per heavy atom. The van der Waals surface area contributed by atoms with Crippen molar-refractivity contribution in [3.8, 4) is 0 Å². The first-order valence-electron chi connectivity index (χ1n) is 9.90. The highest BCUT2D eigenvalue weighted by Crippen LogP contribution is 2.45. The maximum Gasteiger partial charge on any atom is 0.168 e. The smallest absolute Gasteiger partial charge is 0.168 e. The van der Waals surface area contributed by atoms with E-state index in [1.165, 1.54) is 45.3 Å². The minimum atomic E-state index is -0.235. The summed E-state index contributed by atoms with van der Waals surface area (Å²) >= 11 is 0. The van der Waals surface area contributed by atoms with E-state index in [1.54, 1.807) is 0 Å². The predicted octanol–water partition coefficient (Wildman–Crippen LogP) is 4.46. The molecule has 0 amide bonds. The van der Waals surface area contributed by atoms with Gasteiger partial charge in [-0.05, 0) is 55.9 Å². The highest BCUT2D eigenvalue weighted by Gasteiger charge is 2.45. The van der Waals surface area contributed by atoms with Crippen molar-refractivity contribution in [2.24, 2.45) is 17.3 Å². The molecule has 1 aliphatic carbocycles. The molecule has 3 nitrogen and oxygen atoms in total. The van der Waals surface area contributed by atoms with E-state index in [1.807, 2.05) is 0 Å². The largest absolute Gasteiger partial charge is 0.347 e. The second kappa shape index (κ2) is 7.01. The van der Waals surface area contributed by atoms with Crippen LogP contribution in [0.3, 0.4) is 0 Å². The van der Waals surface area contributed by atoms with Crippen LogP contribution < -0.4 is 0 Å². The van der Waals surface area contributed by atoms with Crippen molar-refractivity contribution >= 4 is 0 Å². The van der Waals surface area contributed by atoms with Gasteiger partial charge in [0.25, 0.3) is 0 Å². The van der Waals surface area contributed by atoms with Gasteiger partial charge in [-0.25, -0.2) is 0 Å². The summed E-state index contributed by atoms with van der Waals surface area (Å²) in [5.41, 5.74) is 0.421. The summed E-state index contributed by atoms with van der Waals surface area (Å²) in [6.45, 7) is 14.0. The van der Waals surface area contributed by atoms with Crippen molar-refractivity contribution in [3.05, 3.63) is 0 Å². The summed E-state index contributed by atoms with van der Waals surface area (Å²) in [4.78, 5) is 2.62. The van der Waals surface area contributed by atoms with E-state index in [2.05, 4.69) is 32.6 Å². The fourth-order valence-electron chi connectivity index (χ4n) is 4.76. The maximum atomic E-state index is 6.42. The molecule has 3 heteroatoms. The molecule has 3 fully saturated rings. The van der Waals surface area contributed by atoms with E-state index >= 15 is 0 Å². The fourth-order valence-corrected chi connectivity index (χ4v) is 4.76. The van der Waals surface area contributed by atoms with Crippen molar-refractivity contribution in [2.45, 2.75) is 84.5 Å². The lowest BCUT2D eigenvalue weighted by Gasteiger charge is -2.41. The molecular formula is C20H37NO2. The second-order valence-electron chi connectivity index (χ2n) is 9.44. The van der Waals surface area contributed by atoms with Crippen LogP contribution in [0.25, 0.3) is 0 Å². The normalized spacial score (nSPS) is 39.9. The number of rotatable bonds is 3. The molecule has 2 atom stereocenters. The van der Waals surface area contributed by atoms with Gasteiger partial charge < -0.3 is 14.4 Å². The van der Waals surface area contributed by atoms with Gasteiger partial charge in [-0.1, -0.05) is 27.7 Å². The molecule has 2 heterocycles. The molecule has 0 aromatic rings. The molecule has 1 spiro atoms. The van der Waals surface area contributed by atoms with Gasteiger partial charge in [0.15, 0.2) is 5.79 Å². The third kappa shape index (κ3) is 4.49. The van der Waals surface area contributed by atoms with E-state index in [0.29, 0.717) is 11.5 Å². The Morgan fingerprint density at radius 2 is 1.87 bits per heavy atom. The highest BCUT2D eigenvalue weighted by atomic mass is 16.7. The number of likely N-dealkylation sites (tertiary alicyclic amines) is 1. The van der Waals surface area contributed by atoms with Crippen molar-refractivity contribution in [2.75, 3.05) is 26.2 Å². The van der Waals surface area contributed by atoms with Gasteiger partial charge in [0, 0.05) is 25.9 Å². The predicted molar refractivity (Wildman–Crippen MR) is 94.4 cm³/mol. The summed E-state index contributed by atoms with van der Waals surface area (Å²) < 4.78 is 12.6. The Hall–Kier alpha value is -0.120. The first-order valence-corrected chi connectivity index (χ1v) is 9.90. The standard InChI is InChI=1S/C20H37NO2/c1-16-6-5-12-21(14-16)13-9-18-15-22-20(23-18)10-7-17(8-11-20)19(2,3)4/h16-18H,5-15H2,1-4H3. The Morgan fingerprint density at radius 1 is 1.13 bits per heavy atom. The molecule has 1 saturated carbocycles. The average molecular weight is 324 g/mol. The molecule has 2 aliphatic heterocycles. The van der Waals surface area contributed by atoms with Crippen LogP contribution in [0, 0.1) is 17.3 Å². The molecule has 2 unspecified atom stereocenters. The second-order valence-corrected chi connectivity index (χ2v) is 9.44. The third-order valence-corrected chi connectivity index (χ3v) is 6.39. The summed E-state index contributed by atoms with van der Waals surface area (Å²) in [5, 5.41) is 0. The van der Waals surface area contributed by atoms with Gasteiger partial charge in [0.2, 0.25) is 0 Å². The zero-order valence-corrected chi connectivity index (χ0v) is 15.8. The minimum Gasteiger partial charge on any atom is -0.347 e. The minimum absolute atomic E-state index is 0.235. The van der Waals surface area contributed by atoms with Crippen molar-refractivity contribution < 1.29 is 9.47 Å². The molecule has 0 radical (unpaired) electrons. The molecule has 3 rings (SSSR count). The lowest BCUT2D eigenvalue weighted by molar-refractivity contribution is -0.197. The van der Waals surface area contributed by atoms with E-state index < -0.39 is 0 Å². The van der Waals surface area contributed by atoms with Crippen LogP contribution in [0.15, 0.2) is 0 Å². The average Bonchev–Trinajstić information content (AvgIpc) is 2.88. The highest BCUT2D eigenvalue weighted by molar-refractivity contribution is 4.89. The van der Waals surface area contributed by atoms with Crippen LogP contribution in [0.1, 0.15) is 72.6 Å². The zero-order valence-electron chi connectivity index (χ0n) is 15.8. The van der Waals surface area contributed by atoms with E-state index in [4.69, 9.17) is 9.47 Å². The fraction of sp³-hybridized carbons (Fsp3) is 1.00. The zero-order chi connectivity index (χ0) is 16.5. The summed E-state index contributed by atoms with van der Waals surface area (Å²) in [6, 6.07) is 0. The first kappa shape index (κ1) is 17.7. The third-order valence-electron chi connectivity index (χ3n) is 6.39. The van der Waals surface area contributed by atoms with Crippen LogP contribution in [0.5, 0.6) is 0 Å². The Balaban J connectivity index is 1.42. The molecule has 0 bridgehead atoms. The lowest BCUT2D eigenvalue weighted by atomic mass is 9.71. The van der Waals surface area contributed by atoms with Crippen LogP contribution in [-0.2, 0) is 9.47 Å². The van der Waals surface area contributed by atoms with Crippen LogP contribution in [0.2, 0.25) is 0 Å². The van der Waals surface area contributed by atoms with Crippen molar-refractivity contribution in [1.82, 2.24) is 4.90 Å². The van der Waals surface area contributed by atoms with Crippen LogP contribution >= 0.6 is 0 Å². The van der Waals surface area contributed by atoms with Crippen molar-refractivity contribution in [1.29, 1.82) is 0 Å². The molecule has 134 valence electrons. The van der Waals surface area contributed by atoms with E-state index in [9.17, 15) is 0 Å². The van der Waals surface area contributed by atoms with Crippen molar-refractivity contribution in [3.63, 3.8) is 0 Å². The number of ether oxygens (including phenoxy) is 2. The van der Waals surface area contributed by atoms with Gasteiger partial charge in [0.05, 0.1) is 12.7 Å². The van der Waals surface area contributed by atoms with Gasteiger partial charge in [-0.15, -0.1) is 0 Å². The molecule has 0 N–H and O–H groups in total. The first-order chi connectivity index (χ1) is 10.9. The SMILES string of the molecule is CC1CCCN(CCC2COC3(CCC(C(C)(C)C)CC3)O2)C1. The number of piperidine rings is 1. The maximum absolute atomic E-state index is 6.42. The van der Waals surface area contributed by atoms with Gasteiger partial charge in [-0.2, -0.15) is 0 Å². The van der Waals surface area contributed by atoms with Crippen LogP contribution in [0.4, 0.5) is 0 Å². The Kier molecular flexibility index (Phi) is 5.40. The molecule has 0 aromatic carbocycles. The van der Waals surface area contributed by atoms with E-state index in [0.717, 1.165) is 37.7 Å². The topological polar surface area (TPSA) is 21.7 Å². The number of hydrogen-bond acceptors (Lipinski definition) is 3. The van der Waals surface area contributed by atoms with Gasteiger partial charge in [-0.3, -0.25) is 0 Å². The van der Waals surface area contributed by atoms with Gasteiger partial charge >= 0.3 is 0 Å². The molecule has 23 heavy (non-hydrogen) atoms. The summed E-state index contributed by atoms with van der Waals surface area (Å²) in [7, 11) is 0. The van der Waals surface area contributed by atoms with E-state index in [-0.39, 0.29) is 5.79 Å². The quantitative estimate of drug-likeness (QED) is 0.765. The molecular weight excluding hydrogens is 286 g/mol. The monoisotopic (exact) mass is 323 g/mol. The Bertz CT molecular complexity index is 382. The Labute approximate surface area is 143 Å². The number of hydrogen-bond donors (Lipinski definition) is 0. The molecule has 2 saturated heterocycles. The lowest BCUT2D eigenvalue weighted by Crippen LogP contribution is -2.39.